The number of aryl methyl sites for hydroxylation is 1. The summed E-state index contributed by atoms with van der Waals surface area (Å²) in [6.45, 7) is 4.42. The van der Waals surface area contributed by atoms with E-state index in [9.17, 15) is 0 Å². The second kappa shape index (κ2) is 4.80. The first-order valence-electron chi connectivity index (χ1n) is 5.14. The van der Waals surface area contributed by atoms with Crippen LogP contribution < -0.4 is 5.32 Å². The predicted molar refractivity (Wildman–Crippen MR) is 60.7 cm³/mol. The molecule has 2 heterocycles. The summed E-state index contributed by atoms with van der Waals surface area (Å²) in [7, 11) is 0. The molecule has 0 radical (unpaired) electrons. The average molecular weight is 208 g/mol. The van der Waals surface area contributed by atoms with Gasteiger partial charge in [-0.05, 0) is 44.0 Å². The van der Waals surface area contributed by atoms with Gasteiger partial charge in [-0.3, -0.25) is 0 Å². The van der Waals surface area contributed by atoms with Crippen molar-refractivity contribution in [1.29, 1.82) is 0 Å². The van der Waals surface area contributed by atoms with Crippen LogP contribution in [0, 0.1) is 6.92 Å². The molecule has 2 nitrogen and oxygen atoms in total. The van der Waals surface area contributed by atoms with E-state index in [1.807, 2.05) is 24.0 Å². The van der Waals surface area contributed by atoms with E-state index in [4.69, 9.17) is 0 Å². The average Bonchev–Trinajstić information content (AvgIpc) is 2.19. The van der Waals surface area contributed by atoms with Gasteiger partial charge in [0.25, 0.3) is 0 Å². The first kappa shape index (κ1) is 9.99. The lowest BCUT2D eigenvalue weighted by atomic mass is 10.2. The Labute approximate surface area is 89.5 Å². The minimum absolute atomic E-state index is 0.707. The molecule has 0 aromatic carbocycles. The van der Waals surface area contributed by atoms with E-state index in [-0.39, 0.29) is 0 Å². The van der Waals surface area contributed by atoms with Crippen LogP contribution in [0.4, 0.5) is 0 Å². The van der Waals surface area contributed by atoms with E-state index >= 15 is 0 Å². The topological polar surface area (TPSA) is 24.9 Å². The van der Waals surface area contributed by atoms with E-state index in [0.717, 1.165) is 6.54 Å². The molecule has 0 bridgehead atoms. The fraction of sp³-hybridized carbons (Fsp3) is 0.545. The molecule has 76 valence electrons. The Hall–Kier alpha value is -0.540. The largest absolute Gasteiger partial charge is 0.316 e. The highest BCUT2D eigenvalue weighted by atomic mass is 32.2. The molecule has 1 fully saturated rings. The van der Waals surface area contributed by atoms with E-state index < -0.39 is 0 Å². The zero-order chi connectivity index (χ0) is 9.80. The molecule has 1 aromatic heterocycles. The quantitative estimate of drug-likeness (QED) is 0.807. The molecule has 0 aliphatic carbocycles. The molecule has 2 rings (SSSR count). The van der Waals surface area contributed by atoms with Crippen LogP contribution in [-0.2, 0) is 0 Å². The van der Waals surface area contributed by atoms with Crippen LogP contribution in [0.25, 0.3) is 0 Å². The van der Waals surface area contributed by atoms with Crippen LogP contribution in [-0.4, -0.2) is 23.3 Å². The van der Waals surface area contributed by atoms with Gasteiger partial charge in [0.2, 0.25) is 0 Å². The van der Waals surface area contributed by atoms with Gasteiger partial charge in [0.05, 0.1) is 5.03 Å². The van der Waals surface area contributed by atoms with Crippen molar-refractivity contribution in [2.24, 2.45) is 0 Å². The second-order valence-corrected chi connectivity index (χ2v) is 5.08. The zero-order valence-corrected chi connectivity index (χ0v) is 9.31. The summed E-state index contributed by atoms with van der Waals surface area (Å²) in [5.74, 6) is 0. The van der Waals surface area contributed by atoms with Crippen molar-refractivity contribution < 1.29 is 0 Å². The molecule has 14 heavy (non-hydrogen) atoms. The van der Waals surface area contributed by atoms with E-state index in [1.54, 1.807) is 0 Å². The summed E-state index contributed by atoms with van der Waals surface area (Å²) in [6, 6.07) is 4.21. The number of aromatic nitrogens is 1. The van der Waals surface area contributed by atoms with Crippen LogP contribution in [0.1, 0.15) is 18.4 Å². The lowest BCUT2D eigenvalue weighted by Crippen LogP contribution is -2.31. The van der Waals surface area contributed by atoms with Crippen molar-refractivity contribution in [2.75, 3.05) is 13.1 Å². The smallest absolute Gasteiger partial charge is 0.0965 e. The van der Waals surface area contributed by atoms with Crippen molar-refractivity contribution in [2.45, 2.75) is 30.0 Å². The molecule has 3 heteroatoms. The van der Waals surface area contributed by atoms with Gasteiger partial charge in [-0.15, -0.1) is 11.8 Å². The van der Waals surface area contributed by atoms with Gasteiger partial charge in [-0.1, -0.05) is 0 Å². The number of nitrogens with zero attached hydrogens (tertiary/aromatic N) is 1. The predicted octanol–water partition coefficient (Wildman–Crippen LogP) is 2.23. The van der Waals surface area contributed by atoms with Gasteiger partial charge in [0.15, 0.2) is 0 Å². The van der Waals surface area contributed by atoms with E-state index in [1.165, 1.54) is 30.0 Å². The van der Waals surface area contributed by atoms with Gasteiger partial charge in [0.1, 0.15) is 0 Å². The highest BCUT2D eigenvalue weighted by Gasteiger charge is 2.14. The van der Waals surface area contributed by atoms with Crippen molar-refractivity contribution in [3.8, 4) is 0 Å². The normalized spacial score (nSPS) is 22.2. The Balaban J connectivity index is 1.95. The third-order valence-electron chi connectivity index (χ3n) is 2.43. The third kappa shape index (κ3) is 2.72. The minimum atomic E-state index is 0.707. The second-order valence-electron chi connectivity index (χ2n) is 3.76. The van der Waals surface area contributed by atoms with Crippen molar-refractivity contribution in [3.63, 3.8) is 0 Å². The molecular weight excluding hydrogens is 192 g/mol. The van der Waals surface area contributed by atoms with Crippen molar-refractivity contribution >= 4 is 11.8 Å². The van der Waals surface area contributed by atoms with Crippen molar-refractivity contribution in [3.05, 3.63) is 23.9 Å². The SMILES string of the molecule is Cc1ccnc(S[C@H]2CCCNC2)c1. The van der Waals surface area contributed by atoms with E-state index in [2.05, 4.69) is 23.3 Å². The van der Waals surface area contributed by atoms with Crippen molar-refractivity contribution in [1.82, 2.24) is 10.3 Å². The standard InChI is InChI=1S/C11H16N2S/c1-9-4-6-13-11(7-9)14-10-3-2-5-12-8-10/h4,6-7,10,12H,2-3,5,8H2,1H3/t10-/m0/s1. The number of piperidine rings is 1. The monoisotopic (exact) mass is 208 g/mol. The molecule has 1 atom stereocenters. The van der Waals surface area contributed by atoms with Crippen LogP contribution in [0.3, 0.4) is 0 Å². The van der Waals surface area contributed by atoms with Crippen LogP contribution >= 0.6 is 11.8 Å². The molecular formula is C11H16N2S. The molecule has 1 aliphatic rings. The minimum Gasteiger partial charge on any atom is -0.316 e. The maximum absolute atomic E-state index is 4.37. The van der Waals surface area contributed by atoms with Crippen LogP contribution in [0.2, 0.25) is 0 Å². The number of hydrogen-bond donors (Lipinski definition) is 1. The summed E-state index contributed by atoms with van der Waals surface area (Å²) < 4.78 is 0. The Morgan fingerprint density at radius 2 is 2.50 bits per heavy atom. The summed E-state index contributed by atoms with van der Waals surface area (Å²) in [5, 5.41) is 5.29. The zero-order valence-electron chi connectivity index (χ0n) is 8.49. The van der Waals surface area contributed by atoms with E-state index in [0.29, 0.717) is 5.25 Å². The molecule has 1 aliphatic heterocycles. The van der Waals surface area contributed by atoms with Crippen LogP contribution in [0.15, 0.2) is 23.4 Å². The Kier molecular flexibility index (Phi) is 3.43. The maximum atomic E-state index is 4.37. The fourth-order valence-electron chi connectivity index (χ4n) is 1.66. The Morgan fingerprint density at radius 1 is 1.57 bits per heavy atom. The Morgan fingerprint density at radius 3 is 3.21 bits per heavy atom. The summed E-state index contributed by atoms with van der Waals surface area (Å²) >= 11 is 1.91. The molecule has 0 saturated carbocycles. The lowest BCUT2D eigenvalue weighted by Gasteiger charge is -2.21. The van der Waals surface area contributed by atoms with Crippen LogP contribution in [0.5, 0.6) is 0 Å². The molecule has 1 N–H and O–H groups in total. The first-order chi connectivity index (χ1) is 6.84. The number of hydrogen-bond acceptors (Lipinski definition) is 3. The number of thioether (sulfide) groups is 1. The van der Waals surface area contributed by atoms with Gasteiger partial charge >= 0.3 is 0 Å². The summed E-state index contributed by atoms with van der Waals surface area (Å²) in [6.07, 6.45) is 4.50. The maximum Gasteiger partial charge on any atom is 0.0965 e. The molecule has 1 saturated heterocycles. The number of nitrogens with one attached hydrogen (secondary N) is 1. The molecule has 1 aromatic rings. The molecule has 0 amide bonds. The van der Waals surface area contributed by atoms with Gasteiger partial charge in [-0.2, -0.15) is 0 Å². The molecule has 0 spiro atoms. The number of pyridine rings is 1. The number of rotatable bonds is 2. The summed E-state index contributed by atoms with van der Waals surface area (Å²) in [5.41, 5.74) is 1.30. The van der Waals surface area contributed by atoms with Gasteiger partial charge in [-0.25, -0.2) is 4.98 Å². The Bertz CT molecular complexity index is 295. The van der Waals surface area contributed by atoms with Gasteiger partial charge in [0, 0.05) is 18.0 Å². The lowest BCUT2D eigenvalue weighted by molar-refractivity contribution is 0.531. The van der Waals surface area contributed by atoms with Gasteiger partial charge < -0.3 is 5.32 Å². The third-order valence-corrected chi connectivity index (χ3v) is 3.63. The molecule has 0 unspecified atom stereocenters. The highest BCUT2D eigenvalue weighted by molar-refractivity contribution is 7.99. The first-order valence-corrected chi connectivity index (χ1v) is 6.02. The highest BCUT2D eigenvalue weighted by Crippen LogP contribution is 2.25. The summed E-state index contributed by atoms with van der Waals surface area (Å²) in [4.78, 5) is 4.37. The fourth-order valence-corrected chi connectivity index (χ4v) is 2.87.